The third-order valence-electron chi connectivity index (χ3n) is 6.29. The van der Waals surface area contributed by atoms with Crippen molar-refractivity contribution in [3.8, 4) is 0 Å². The molecule has 2 aliphatic rings. The lowest BCUT2D eigenvalue weighted by atomic mass is 9.71. The van der Waals surface area contributed by atoms with E-state index in [9.17, 15) is 0 Å². The van der Waals surface area contributed by atoms with Gasteiger partial charge in [0.25, 0.3) is 0 Å². The van der Waals surface area contributed by atoms with Gasteiger partial charge in [-0.25, -0.2) is 0 Å². The molecule has 0 amide bonds. The van der Waals surface area contributed by atoms with Gasteiger partial charge in [-0.05, 0) is 62.3 Å². The van der Waals surface area contributed by atoms with Crippen molar-refractivity contribution in [3.05, 3.63) is 0 Å². The molecule has 0 radical (unpaired) electrons. The van der Waals surface area contributed by atoms with E-state index in [1.165, 1.54) is 45.2 Å². The van der Waals surface area contributed by atoms with Gasteiger partial charge in [0.1, 0.15) is 0 Å². The minimum Gasteiger partial charge on any atom is -0.329 e. The number of piperidine rings is 1. The summed E-state index contributed by atoms with van der Waals surface area (Å²) in [6, 6.07) is 0. The van der Waals surface area contributed by atoms with Gasteiger partial charge in [0.05, 0.1) is 0 Å². The molecule has 2 fully saturated rings. The Morgan fingerprint density at radius 2 is 1.74 bits per heavy atom. The van der Waals surface area contributed by atoms with Crippen LogP contribution in [-0.2, 0) is 0 Å². The van der Waals surface area contributed by atoms with E-state index in [0.29, 0.717) is 5.54 Å². The predicted octanol–water partition coefficient (Wildman–Crippen LogP) is 3.51. The van der Waals surface area contributed by atoms with Gasteiger partial charge in [-0.3, -0.25) is 4.90 Å². The first-order valence-corrected chi connectivity index (χ1v) is 8.43. The number of likely N-dealkylation sites (tertiary alicyclic amines) is 1. The highest BCUT2D eigenvalue weighted by molar-refractivity contribution is 4.98. The maximum atomic E-state index is 6.23. The van der Waals surface area contributed by atoms with Crippen LogP contribution >= 0.6 is 0 Å². The third-order valence-corrected chi connectivity index (χ3v) is 6.29. The highest BCUT2D eigenvalue weighted by atomic mass is 15.2. The van der Waals surface area contributed by atoms with Gasteiger partial charge in [0, 0.05) is 18.6 Å². The summed E-state index contributed by atoms with van der Waals surface area (Å²) in [7, 11) is 0. The lowest BCUT2D eigenvalue weighted by Crippen LogP contribution is -2.59. The Kier molecular flexibility index (Phi) is 4.94. The second kappa shape index (κ2) is 6.13. The minimum atomic E-state index is 0.333. The third kappa shape index (κ3) is 3.16. The van der Waals surface area contributed by atoms with E-state index >= 15 is 0 Å². The normalized spacial score (nSPS) is 41.7. The van der Waals surface area contributed by atoms with E-state index in [4.69, 9.17) is 5.73 Å². The molecule has 1 heterocycles. The molecule has 0 aromatic heterocycles. The second-order valence-electron chi connectivity index (χ2n) is 7.70. The molecule has 2 N–H and O–H groups in total. The highest BCUT2D eigenvalue weighted by Crippen LogP contribution is 2.41. The van der Waals surface area contributed by atoms with E-state index in [-0.39, 0.29) is 0 Å². The molecular weight excluding hydrogens is 232 g/mol. The Bertz CT molecular complexity index is 279. The van der Waals surface area contributed by atoms with Crippen molar-refractivity contribution in [2.45, 2.75) is 65.3 Å². The summed E-state index contributed by atoms with van der Waals surface area (Å²) >= 11 is 0. The summed E-state index contributed by atoms with van der Waals surface area (Å²) in [6.07, 6.45) is 6.78. The van der Waals surface area contributed by atoms with E-state index in [1.54, 1.807) is 0 Å². The summed E-state index contributed by atoms with van der Waals surface area (Å²) < 4.78 is 0. The SMILES string of the molecule is CC(C)C1CCC(CN)(N2CCC(C)C(C)C2)CC1. The van der Waals surface area contributed by atoms with Crippen molar-refractivity contribution in [2.24, 2.45) is 29.4 Å². The molecule has 2 rings (SSSR count). The van der Waals surface area contributed by atoms with Gasteiger partial charge in [-0.15, -0.1) is 0 Å². The molecule has 1 aliphatic heterocycles. The maximum Gasteiger partial charge on any atom is 0.0332 e. The van der Waals surface area contributed by atoms with Gasteiger partial charge < -0.3 is 5.73 Å². The smallest absolute Gasteiger partial charge is 0.0332 e. The van der Waals surface area contributed by atoms with E-state index in [0.717, 1.165) is 30.2 Å². The van der Waals surface area contributed by atoms with Crippen molar-refractivity contribution in [1.82, 2.24) is 4.90 Å². The summed E-state index contributed by atoms with van der Waals surface area (Å²) in [5.41, 5.74) is 6.56. The average Bonchev–Trinajstić information content (AvgIpc) is 2.42. The Morgan fingerprint density at radius 1 is 1.11 bits per heavy atom. The summed E-state index contributed by atoms with van der Waals surface area (Å²) in [5.74, 6) is 3.50. The van der Waals surface area contributed by atoms with Gasteiger partial charge in [-0.2, -0.15) is 0 Å². The Morgan fingerprint density at radius 3 is 2.21 bits per heavy atom. The fourth-order valence-electron chi connectivity index (χ4n) is 4.19. The lowest BCUT2D eigenvalue weighted by Gasteiger charge is -2.51. The summed E-state index contributed by atoms with van der Waals surface area (Å²) in [4.78, 5) is 2.76. The molecule has 0 aromatic carbocycles. The van der Waals surface area contributed by atoms with Crippen LogP contribution in [0.2, 0.25) is 0 Å². The lowest BCUT2D eigenvalue weighted by molar-refractivity contribution is -0.00636. The van der Waals surface area contributed by atoms with Crippen molar-refractivity contribution in [2.75, 3.05) is 19.6 Å². The van der Waals surface area contributed by atoms with Gasteiger partial charge in [0.2, 0.25) is 0 Å². The van der Waals surface area contributed by atoms with Crippen LogP contribution in [0.3, 0.4) is 0 Å². The van der Waals surface area contributed by atoms with Crippen LogP contribution in [-0.4, -0.2) is 30.1 Å². The van der Waals surface area contributed by atoms with Crippen LogP contribution in [0.25, 0.3) is 0 Å². The van der Waals surface area contributed by atoms with Gasteiger partial charge in [0.15, 0.2) is 0 Å². The molecular formula is C17H34N2. The minimum absolute atomic E-state index is 0.333. The van der Waals surface area contributed by atoms with Crippen molar-refractivity contribution in [1.29, 1.82) is 0 Å². The van der Waals surface area contributed by atoms with Crippen LogP contribution < -0.4 is 5.73 Å². The van der Waals surface area contributed by atoms with E-state index in [1.807, 2.05) is 0 Å². The van der Waals surface area contributed by atoms with Crippen LogP contribution in [0, 0.1) is 23.7 Å². The van der Waals surface area contributed by atoms with Crippen LogP contribution in [0.1, 0.15) is 59.8 Å². The van der Waals surface area contributed by atoms with E-state index in [2.05, 4.69) is 32.6 Å². The zero-order valence-corrected chi connectivity index (χ0v) is 13.5. The molecule has 19 heavy (non-hydrogen) atoms. The zero-order chi connectivity index (χ0) is 14.0. The van der Waals surface area contributed by atoms with Crippen molar-refractivity contribution >= 4 is 0 Å². The molecule has 1 aliphatic carbocycles. The fraction of sp³-hybridized carbons (Fsp3) is 1.00. The molecule has 2 nitrogen and oxygen atoms in total. The van der Waals surface area contributed by atoms with Gasteiger partial charge in [-0.1, -0.05) is 27.7 Å². The summed E-state index contributed by atoms with van der Waals surface area (Å²) in [5, 5.41) is 0. The largest absolute Gasteiger partial charge is 0.329 e. The second-order valence-corrected chi connectivity index (χ2v) is 7.70. The molecule has 2 atom stereocenters. The number of hydrogen-bond acceptors (Lipinski definition) is 2. The zero-order valence-electron chi connectivity index (χ0n) is 13.5. The van der Waals surface area contributed by atoms with Crippen molar-refractivity contribution < 1.29 is 0 Å². The first kappa shape index (κ1) is 15.3. The average molecular weight is 266 g/mol. The molecule has 1 saturated heterocycles. The number of nitrogens with zero attached hydrogens (tertiary/aromatic N) is 1. The van der Waals surface area contributed by atoms with Crippen LogP contribution in [0.4, 0.5) is 0 Å². The Labute approximate surface area is 120 Å². The topological polar surface area (TPSA) is 29.3 Å². The van der Waals surface area contributed by atoms with Crippen LogP contribution in [0.5, 0.6) is 0 Å². The molecule has 0 aromatic rings. The van der Waals surface area contributed by atoms with Crippen molar-refractivity contribution in [3.63, 3.8) is 0 Å². The van der Waals surface area contributed by atoms with Gasteiger partial charge >= 0.3 is 0 Å². The fourth-order valence-corrected chi connectivity index (χ4v) is 4.19. The molecule has 0 bridgehead atoms. The Hall–Kier alpha value is -0.0800. The maximum absolute atomic E-state index is 6.23. The standard InChI is InChI=1S/C17H34N2/c1-13(2)16-5-8-17(12-18,9-6-16)19-10-7-14(3)15(4)11-19/h13-16H,5-12,18H2,1-4H3. The molecule has 2 unspecified atom stereocenters. The highest BCUT2D eigenvalue weighted by Gasteiger charge is 2.41. The first-order valence-electron chi connectivity index (χ1n) is 8.43. The Balaban J connectivity index is 2.00. The quantitative estimate of drug-likeness (QED) is 0.847. The number of rotatable bonds is 3. The number of nitrogens with two attached hydrogens (primary N) is 1. The monoisotopic (exact) mass is 266 g/mol. The first-order chi connectivity index (χ1) is 8.98. The molecule has 0 spiro atoms. The van der Waals surface area contributed by atoms with E-state index < -0.39 is 0 Å². The molecule has 1 saturated carbocycles. The number of hydrogen-bond donors (Lipinski definition) is 1. The molecule has 112 valence electrons. The van der Waals surface area contributed by atoms with Crippen LogP contribution in [0.15, 0.2) is 0 Å². The summed E-state index contributed by atoms with van der Waals surface area (Å²) in [6.45, 7) is 13.0. The predicted molar refractivity (Wildman–Crippen MR) is 83.1 cm³/mol. The molecule has 2 heteroatoms.